The SMILES string of the molecule is CCC(=O)OC(C)C.CCc1cnc(C2=NC(C)(C(C)C)C(=O)N2)c(C(=O)O)c1.N#Cc1ccccc1I. The van der Waals surface area contributed by atoms with Gasteiger partial charge in [-0.25, -0.2) is 9.79 Å². The van der Waals surface area contributed by atoms with Gasteiger partial charge >= 0.3 is 11.9 Å². The first kappa shape index (κ1) is 32.7. The Labute approximate surface area is 237 Å². The quantitative estimate of drug-likeness (QED) is 0.331. The second kappa shape index (κ2) is 15.2. The average Bonchev–Trinajstić information content (AvgIpc) is 3.19. The third kappa shape index (κ3) is 9.20. The maximum absolute atomic E-state index is 12.1. The van der Waals surface area contributed by atoms with E-state index in [0.717, 1.165) is 14.7 Å². The van der Waals surface area contributed by atoms with E-state index >= 15 is 0 Å². The van der Waals surface area contributed by atoms with Gasteiger partial charge in [0.25, 0.3) is 5.91 Å². The summed E-state index contributed by atoms with van der Waals surface area (Å²) in [7, 11) is 0. The number of ether oxygens (including phenoxy) is 1. The number of nitrogens with one attached hydrogen (secondary N) is 1. The van der Waals surface area contributed by atoms with Gasteiger partial charge < -0.3 is 15.2 Å². The molecule has 0 saturated heterocycles. The molecule has 0 fully saturated rings. The van der Waals surface area contributed by atoms with E-state index in [1.165, 1.54) is 0 Å². The molecule has 1 aromatic heterocycles. The number of aromatic nitrogens is 1. The van der Waals surface area contributed by atoms with Crippen LogP contribution in [0, 0.1) is 20.8 Å². The Morgan fingerprint density at radius 1 is 1.21 bits per heavy atom. The molecule has 0 radical (unpaired) electrons. The maximum Gasteiger partial charge on any atom is 0.338 e. The molecule has 2 N–H and O–H groups in total. The third-order valence-corrected chi connectivity index (χ3v) is 6.56. The summed E-state index contributed by atoms with van der Waals surface area (Å²) in [6.07, 6.45) is 2.80. The molecule has 0 aliphatic carbocycles. The van der Waals surface area contributed by atoms with Gasteiger partial charge in [0, 0.05) is 16.2 Å². The van der Waals surface area contributed by atoms with Crippen LogP contribution in [0.1, 0.15) is 82.1 Å². The zero-order valence-corrected chi connectivity index (χ0v) is 25.0. The van der Waals surface area contributed by atoms with Gasteiger partial charge in [-0.15, -0.1) is 0 Å². The summed E-state index contributed by atoms with van der Waals surface area (Å²) >= 11 is 2.14. The minimum absolute atomic E-state index is 0.00167. The number of hydrogen-bond donors (Lipinski definition) is 2. The number of carboxylic acid groups (broad SMARTS) is 1. The number of aryl methyl sites for hydroxylation is 1. The predicted octanol–water partition coefficient (Wildman–Crippen LogP) is 5.14. The van der Waals surface area contributed by atoms with E-state index in [1.807, 2.05) is 58.9 Å². The minimum atomic E-state index is -1.08. The van der Waals surface area contributed by atoms with Crippen molar-refractivity contribution in [1.29, 1.82) is 5.26 Å². The monoisotopic (exact) mass is 634 g/mol. The zero-order chi connectivity index (χ0) is 29.0. The summed E-state index contributed by atoms with van der Waals surface area (Å²) in [6.45, 7) is 12.9. The maximum atomic E-state index is 12.1. The fourth-order valence-electron chi connectivity index (χ4n) is 3.00. The van der Waals surface area contributed by atoms with Crippen LogP contribution in [0.15, 0.2) is 41.5 Å². The summed E-state index contributed by atoms with van der Waals surface area (Å²) in [5.74, 6) is -1.21. The number of aromatic carboxylic acids is 1. The Bertz CT molecular complexity index is 1220. The van der Waals surface area contributed by atoms with E-state index < -0.39 is 11.5 Å². The lowest BCUT2D eigenvalue weighted by atomic mass is 9.89. The van der Waals surface area contributed by atoms with Crippen LogP contribution in [-0.4, -0.2) is 45.4 Å². The van der Waals surface area contributed by atoms with Crippen molar-refractivity contribution in [2.45, 2.75) is 73.0 Å². The summed E-state index contributed by atoms with van der Waals surface area (Å²) < 4.78 is 5.77. The molecule has 2 aromatic rings. The van der Waals surface area contributed by atoms with Crippen LogP contribution in [0.5, 0.6) is 0 Å². The molecule has 0 saturated carbocycles. The first-order chi connectivity index (χ1) is 17.8. The van der Waals surface area contributed by atoms with Gasteiger partial charge in [0.1, 0.15) is 17.3 Å². The molecular weight excluding hydrogens is 599 g/mol. The van der Waals surface area contributed by atoms with Gasteiger partial charge in [0.15, 0.2) is 5.84 Å². The number of carboxylic acids is 1. The van der Waals surface area contributed by atoms with E-state index in [1.54, 1.807) is 26.1 Å². The fraction of sp³-hybridized carbons (Fsp3) is 0.429. The molecule has 1 aromatic carbocycles. The topological polar surface area (TPSA) is 142 Å². The molecule has 1 amide bonds. The van der Waals surface area contributed by atoms with Crippen LogP contribution < -0.4 is 5.32 Å². The highest BCUT2D eigenvalue weighted by molar-refractivity contribution is 14.1. The molecule has 38 heavy (non-hydrogen) atoms. The van der Waals surface area contributed by atoms with Gasteiger partial charge in [0.05, 0.1) is 17.2 Å². The normalized spacial score (nSPS) is 15.8. The fourth-order valence-corrected chi connectivity index (χ4v) is 3.51. The van der Waals surface area contributed by atoms with Crippen molar-refractivity contribution in [1.82, 2.24) is 10.3 Å². The Balaban J connectivity index is 0.000000349. The van der Waals surface area contributed by atoms with Crippen LogP contribution in [0.4, 0.5) is 0 Å². The molecule has 3 rings (SSSR count). The molecule has 1 aliphatic heterocycles. The lowest BCUT2D eigenvalue weighted by molar-refractivity contribution is -0.146. The van der Waals surface area contributed by atoms with Gasteiger partial charge in [0.2, 0.25) is 0 Å². The van der Waals surface area contributed by atoms with Crippen LogP contribution >= 0.6 is 22.6 Å². The number of nitriles is 1. The van der Waals surface area contributed by atoms with Crippen molar-refractivity contribution in [2.24, 2.45) is 10.9 Å². The van der Waals surface area contributed by atoms with Crippen LogP contribution in [0.2, 0.25) is 0 Å². The first-order valence-corrected chi connectivity index (χ1v) is 13.4. The van der Waals surface area contributed by atoms with Gasteiger partial charge in [-0.1, -0.05) is 39.8 Å². The highest BCUT2D eigenvalue weighted by atomic mass is 127. The number of benzene rings is 1. The summed E-state index contributed by atoms with van der Waals surface area (Å²) in [4.78, 5) is 42.5. The molecule has 2 heterocycles. The Morgan fingerprint density at radius 3 is 2.24 bits per heavy atom. The lowest BCUT2D eigenvalue weighted by Crippen LogP contribution is -2.41. The second-order valence-corrected chi connectivity index (χ2v) is 10.3. The van der Waals surface area contributed by atoms with Crippen molar-refractivity contribution in [3.63, 3.8) is 0 Å². The van der Waals surface area contributed by atoms with E-state index in [9.17, 15) is 19.5 Å². The summed E-state index contributed by atoms with van der Waals surface area (Å²) in [5.41, 5.74) is 0.945. The Hall–Kier alpha value is -3.33. The van der Waals surface area contributed by atoms with Crippen molar-refractivity contribution < 1.29 is 24.2 Å². The summed E-state index contributed by atoms with van der Waals surface area (Å²) in [6, 6.07) is 11.2. The number of halogens is 1. The molecule has 1 aliphatic rings. The van der Waals surface area contributed by atoms with Gasteiger partial charge in [-0.2, -0.15) is 5.26 Å². The number of amides is 1. The standard InChI is InChI=1S/C15H19N3O3.C7H4IN.C6H12O2/c1-5-9-6-10(13(19)20)11(16-7-9)12-17-14(21)15(4,18-12)8(2)3;8-7-4-2-1-3-6(7)5-9;1-4-6(7)8-5(2)3/h6-8H,5H2,1-4H3,(H,19,20)(H,17,18,21);1-4H;5H,4H2,1-3H3. The lowest BCUT2D eigenvalue weighted by Gasteiger charge is -2.21. The van der Waals surface area contributed by atoms with E-state index in [0.29, 0.717) is 12.8 Å². The number of carbonyl (C=O) groups excluding carboxylic acids is 2. The Kier molecular flexibility index (Phi) is 13.1. The van der Waals surface area contributed by atoms with Crippen LogP contribution in [-0.2, 0) is 20.7 Å². The second-order valence-electron chi connectivity index (χ2n) is 9.10. The van der Waals surface area contributed by atoms with Crippen molar-refractivity contribution >= 4 is 46.3 Å². The molecule has 0 spiro atoms. The molecular formula is C28H35IN4O5. The van der Waals surface area contributed by atoms with E-state index in [2.05, 4.69) is 44.0 Å². The molecule has 1 unspecified atom stereocenters. The largest absolute Gasteiger partial charge is 0.478 e. The van der Waals surface area contributed by atoms with Crippen LogP contribution in [0.25, 0.3) is 0 Å². The number of esters is 1. The third-order valence-electron chi connectivity index (χ3n) is 5.62. The van der Waals surface area contributed by atoms with Gasteiger partial charge in [-0.05, 0) is 79.5 Å². The molecule has 1 atom stereocenters. The molecule has 9 nitrogen and oxygen atoms in total. The van der Waals surface area contributed by atoms with E-state index in [-0.39, 0.29) is 41.0 Å². The van der Waals surface area contributed by atoms with Crippen molar-refractivity contribution in [3.05, 3.63) is 62.5 Å². The number of hydrogen-bond acceptors (Lipinski definition) is 7. The first-order valence-electron chi connectivity index (χ1n) is 12.3. The number of nitrogens with zero attached hydrogens (tertiary/aromatic N) is 3. The number of carbonyl (C=O) groups is 3. The number of pyridine rings is 1. The average molecular weight is 635 g/mol. The van der Waals surface area contributed by atoms with E-state index in [4.69, 9.17) is 10.00 Å². The smallest absolute Gasteiger partial charge is 0.338 e. The number of aliphatic imine (C=N–C) groups is 1. The van der Waals surface area contributed by atoms with Crippen molar-refractivity contribution in [3.8, 4) is 6.07 Å². The minimum Gasteiger partial charge on any atom is -0.478 e. The molecule has 10 heteroatoms. The highest BCUT2D eigenvalue weighted by Crippen LogP contribution is 2.27. The summed E-state index contributed by atoms with van der Waals surface area (Å²) in [5, 5.41) is 20.5. The van der Waals surface area contributed by atoms with Crippen molar-refractivity contribution in [2.75, 3.05) is 0 Å². The number of rotatable bonds is 6. The molecule has 204 valence electrons. The van der Waals surface area contributed by atoms with Gasteiger partial charge in [-0.3, -0.25) is 14.6 Å². The number of amidine groups is 1. The highest BCUT2D eigenvalue weighted by Gasteiger charge is 2.43. The Morgan fingerprint density at radius 2 is 1.84 bits per heavy atom. The zero-order valence-electron chi connectivity index (χ0n) is 22.8. The molecule has 0 bridgehead atoms. The predicted molar refractivity (Wildman–Crippen MR) is 154 cm³/mol. The van der Waals surface area contributed by atoms with Crippen LogP contribution in [0.3, 0.4) is 0 Å².